The molecule has 0 unspecified atom stereocenters. The number of nitrogens with zero attached hydrogens (tertiary/aromatic N) is 1. The van der Waals surface area contributed by atoms with E-state index in [2.05, 4.69) is 9.97 Å². The molecule has 2 aromatic heterocycles. The molecule has 16 heavy (non-hydrogen) atoms. The Hall–Kier alpha value is -1.49. The van der Waals surface area contributed by atoms with Gasteiger partial charge in [-0.15, -0.1) is 0 Å². The first-order valence-electron chi connectivity index (χ1n) is 5.10. The van der Waals surface area contributed by atoms with Crippen LogP contribution in [0.2, 0.25) is 0 Å². The molecule has 1 fully saturated rings. The Bertz CT molecular complexity index is 539. The van der Waals surface area contributed by atoms with Gasteiger partial charge in [0.05, 0.1) is 5.54 Å². The van der Waals surface area contributed by atoms with Gasteiger partial charge >= 0.3 is 0 Å². The van der Waals surface area contributed by atoms with Crippen LogP contribution in [0.15, 0.2) is 24.5 Å². The lowest BCUT2D eigenvalue weighted by molar-refractivity contribution is -0.124. The molecule has 1 aliphatic carbocycles. The minimum Gasteiger partial charge on any atom is -0.346 e. The van der Waals surface area contributed by atoms with Gasteiger partial charge in [-0.25, -0.2) is 13.8 Å². The summed E-state index contributed by atoms with van der Waals surface area (Å²) in [5, 5.41) is 0.834. The summed E-state index contributed by atoms with van der Waals surface area (Å²) >= 11 is 0. The zero-order chi connectivity index (χ0) is 11.4. The summed E-state index contributed by atoms with van der Waals surface area (Å²) in [5.41, 5.74) is 6.50. The molecule has 1 aliphatic rings. The Kier molecular flexibility index (Phi) is 1.70. The molecule has 0 radical (unpaired) electrons. The molecule has 3 rings (SSSR count). The van der Waals surface area contributed by atoms with Gasteiger partial charge in [0.2, 0.25) is 0 Å². The van der Waals surface area contributed by atoms with Crippen LogP contribution in [-0.2, 0) is 5.54 Å². The number of hydrogen-bond donors (Lipinski definition) is 2. The van der Waals surface area contributed by atoms with Crippen LogP contribution < -0.4 is 5.73 Å². The number of rotatable bonds is 1. The first-order valence-corrected chi connectivity index (χ1v) is 5.10. The Morgan fingerprint density at radius 2 is 2.12 bits per heavy atom. The molecule has 3 nitrogen and oxygen atoms in total. The number of pyridine rings is 1. The van der Waals surface area contributed by atoms with E-state index in [1.165, 1.54) is 0 Å². The third-order valence-electron chi connectivity index (χ3n) is 3.14. The zero-order valence-corrected chi connectivity index (χ0v) is 8.50. The zero-order valence-electron chi connectivity index (χ0n) is 8.50. The van der Waals surface area contributed by atoms with Crippen LogP contribution in [0.1, 0.15) is 18.4 Å². The minimum atomic E-state index is -2.62. The Balaban J connectivity index is 2.08. The van der Waals surface area contributed by atoms with Gasteiger partial charge in [0.15, 0.2) is 0 Å². The highest BCUT2D eigenvalue weighted by Gasteiger charge is 2.55. The van der Waals surface area contributed by atoms with Gasteiger partial charge in [-0.2, -0.15) is 0 Å². The summed E-state index contributed by atoms with van der Waals surface area (Å²) in [6.07, 6.45) is 2.76. The third-order valence-corrected chi connectivity index (χ3v) is 3.14. The number of halogens is 2. The summed E-state index contributed by atoms with van der Waals surface area (Å²) in [6.45, 7) is 0. The quantitative estimate of drug-likeness (QED) is 0.778. The van der Waals surface area contributed by atoms with Gasteiger partial charge in [-0.3, -0.25) is 0 Å². The molecular formula is C11H11F2N3. The lowest BCUT2D eigenvalue weighted by atomic mass is 9.70. The predicted octanol–water partition coefficient (Wildman–Crippen LogP) is 2.15. The summed E-state index contributed by atoms with van der Waals surface area (Å²) < 4.78 is 25.8. The number of aromatic nitrogens is 2. The van der Waals surface area contributed by atoms with E-state index in [0.29, 0.717) is 5.65 Å². The van der Waals surface area contributed by atoms with Gasteiger partial charge < -0.3 is 10.7 Å². The fourth-order valence-electron chi connectivity index (χ4n) is 2.43. The van der Waals surface area contributed by atoms with Crippen LogP contribution in [0.3, 0.4) is 0 Å². The van der Waals surface area contributed by atoms with E-state index < -0.39 is 11.5 Å². The normalized spacial score (nSPS) is 21.9. The Morgan fingerprint density at radius 3 is 2.81 bits per heavy atom. The van der Waals surface area contributed by atoms with E-state index in [0.717, 1.165) is 10.9 Å². The standard InChI is InChI=1S/C11H11F2N3/c12-11(13)5-10(14,6-11)8-4-16-9-7(8)2-1-3-15-9/h1-4H,5-6,14H2,(H,15,16). The maximum absolute atomic E-state index is 12.9. The molecule has 0 atom stereocenters. The van der Waals surface area contributed by atoms with Gasteiger partial charge in [-0.05, 0) is 17.7 Å². The summed E-state index contributed by atoms with van der Waals surface area (Å²) in [4.78, 5) is 7.07. The van der Waals surface area contributed by atoms with Gasteiger partial charge in [0.25, 0.3) is 5.92 Å². The number of nitrogens with two attached hydrogens (primary N) is 1. The molecule has 0 spiro atoms. The monoisotopic (exact) mass is 223 g/mol. The van der Waals surface area contributed by atoms with Crippen LogP contribution in [0.25, 0.3) is 11.0 Å². The molecule has 1 saturated carbocycles. The van der Waals surface area contributed by atoms with Crippen molar-refractivity contribution in [2.24, 2.45) is 5.73 Å². The second-order valence-electron chi connectivity index (χ2n) is 4.47. The van der Waals surface area contributed by atoms with Crippen LogP contribution in [0, 0.1) is 0 Å². The van der Waals surface area contributed by atoms with Crippen molar-refractivity contribution in [3.63, 3.8) is 0 Å². The molecular weight excluding hydrogens is 212 g/mol. The first-order chi connectivity index (χ1) is 7.50. The molecule has 2 aromatic rings. The molecule has 0 saturated heterocycles. The maximum atomic E-state index is 12.9. The second kappa shape index (κ2) is 2.79. The van der Waals surface area contributed by atoms with Crippen molar-refractivity contribution >= 4 is 11.0 Å². The average Bonchev–Trinajstić information content (AvgIpc) is 2.58. The summed E-state index contributed by atoms with van der Waals surface area (Å²) in [6, 6.07) is 3.62. The van der Waals surface area contributed by atoms with Crippen molar-refractivity contribution in [2.45, 2.75) is 24.3 Å². The van der Waals surface area contributed by atoms with Crippen molar-refractivity contribution in [3.8, 4) is 0 Å². The van der Waals surface area contributed by atoms with Crippen molar-refractivity contribution in [1.29, 1.82) is 0 Å². The second-order valence-corrected chi connectivity index (χ2v) is 4.47. The smallest absolute Gasteiger partial charge is 0.252 e. The molecule has 3 N–H and O–H groups in total. The molecule has 2 heterocycles. The van der Waals surface area contributed by atoms with Gasteiger partial charge in [0, 0.05) is 30.6 Å². The molecule has 0 amide bonds. The molecule has 5 heteroatoms. The van der Waals surface area contributed by atoms with E-state index in [9.17, 15) is 8.78 Å². The minimum absolute atomic E-state index is 0.290. The summed E-state index contributed by atoms with van der Waals surface area (Å²) in [7, 11) is 0. The van der Waals surface area contributed by atoms with Crippen molar-refractivity contribution in [1.82, 2.24) is 9.97 Å². The van der Waals surface area contributed by atoms with Crippen molar-refractivity contribution in [2.75, 3.05) is 0 Å². The predicted molar refractivity (Wildman–Crippen MR) is 56.1 cm³/mol. The maximum Gasteiger partial charge on any atom is 0.252 e. The number of aromatic amines is 1. The van der Waals surface area contributed by atoms with E-state index >= 15 is 0 Å². The lowest BCUT2D eigenvalue weighted by Crippen LogP contribution is -2.55. The molecule has 0 aromatic carbocycles. The Morgan fingerprint density at radius 1 is 1.38 bits per heavy atom. The summed E-state index contributed by atoms with van der Waals surface area (Å²) in [5.74, 6) is -2.62. The molecule has 0 bridgehead atoms. The van der Waals surface area contributed by atoms with Gasteiger partial charge in [0.1, 0.15) is 5.65 Å². The third kappa shape index (κ3) is 1.24. The first kappa shape index (κ1) is 9.72. The van der Waals surface area contributed by atoms with Crippen molar-refractivity contribution in [3.05, 3.63) is 30.1 Å². The van der Waals surface area contributed by atoms with E-state index in [1.54, 1.807) is 18.5 Å². The largest absolute Gasteiger partial charge is 0.346 e. The number of nitrogens with one attached hydrogen (secondary N) is 1. The van der Waals surface area contributed by atoms with Crippen LogP contribution in [0.4, 0.5) is 8.78 Å². The molecule has 0 aliphatic heterocycles. The van der Waals surface area contributed by atoms with Crippen LogP contribution in [-0.4, -0.2) is 15.9 Å². The highest BCUT2D eigenvalue weighted by Crippen LogP contribution is 2.51. The average molecular weight is 223 g/mol. The fourth-order valence-corrected chi connectivity index (χ4v) is 2.43. The topological polar surface area (TPSA) is 54.7 Å². The number of hydrogen-bond acceptors (Lipinski definition) is 2. The van der Waals surface area contributed by atoms with Crippen molar-refractivity contribution < 1.29 is 8.78 Å². The SMILES string of the molecule is NC1(c2c[nH]c3ncccc23)CC(F)(F)C1. The van der Waals surface area contributed by atoms with Gasteiger partial charge in [-0.1, -0.05) is 0 Å². The van der Waals surface area contributed by atoms with E-state index in [-0.39, 0.29) is 12.8 Å². The number of alkyl halides is 2. The van der Waals surface area contributed by atoms with Crippen LogP contribution >= 0.6 is 0 Å². The fraction of sp³-hybridized carbons (Fsp3) is 0.364. The lowest BCUT2D eigenvalue weighted by Gasteiger charge is -2.44. The highest BCUT2D eigenvalue weighted by atomic mass is 19.3. The number of H-pyrrole nitrogens is 1. The van der Waals surface area contributed by atoms with E-state index in [1.807, 2.05) is 6.07 Å². The number of fused-ring (bicyclic) bond motifs is 1. The molecule has 84 valence electrons. The highest BCUT2D eigenvalue weighted by molar-refractivity contribution is 5.81. The van der Waals surface area contributed by atoms with E-state index in [4.69, 9.17) is 5.73 Å². The van der Waals surface area contributed by atoms with Crippen LogP contribution in [0.5, 0.6) is 0 Å². The Labute approximate surface area is 90.7 Å².